The smallest absolute Gasteiger partial charge is 0.0659 e. The van der Waals surface area contributed by atoms with Crippen molar-refractivity contribution in [1.29, 1.82) is 0 Å². The van der Waals surface area contributed by atoms with Crippen molar-refractivity contribution in [2.45, 2.75) is 38.3 Å². The Hall–Kier alpha value is -0.160. The molecule has 1 atom stereocenters. The molecule has 16 heavy (non-hydrogen) atoms. The molecule has 0 aromatic heterocycles. The molecule has 0 amide bonds. The summed E-state index contributed by atoms with van der Waals surface area (Å²) < 4.78 is 10.9. The van der Waals surface area contributed by atoms with E-state index in [0.717, 1.165) is 32.7 Å². The topological polar surface area (TPSA) is 47.7 Å². The molecule has 1 fully saturated rings. The van der Waals surface area contributed by atoms with Gasteiger partial charge in [0.15, 0.2) is 0 Å². The third-order valence-electron chi connectivity index (χ3n) is 3.65. The molecule has 1 aliphatic heterocycles. The second-order valence-corrected chi connectivity index (χ2v) is 4.79. The lowest BCUT2D eigenvalue weighted by molar-refractivity contribution is -0.0319. The minimum absolute atomic E-state index is 0.0575. The zero-order valence-corrected chi connectivity index (χ0v) is 10.9. The SMILES string of the molecule is CCOCC(C)(CN)N(C)C1CCOCC1. The van der Waals surface area contributed by atoms with Gasteiger partial charge < -0.3 is 15.2 Å². The Balaban J connectivity index is 2.55. The fraction of sp³-hybridized carbons (Fsp3) is 1.00. The predicted octanol–water partition coefficient (Wildman–Crippen LogP) is 0.851. The molecule has 0 spiro atoms. The number of ether oxygens (including phenoxy) is 2. The van der Waals surface area contributed by atoms with Crippen molar-refractivity contribution in [1.82, 2.24) is 4.90 Å². The second-order valence-electron chi connectivity index (χ2n) is 4.79. The van der Waals surface area contributed by atoms with E-state index in [2.05, 4.69) is 18.9 Å². The van der Waals surface area contributed by atoms with Gasteiger partial charge in [-0.3, -0.25) is 4.90 Å². The summed E-state index contributed by atoms with van der Waals surface area (Å²) >= 11 is 0. The van der Waals surface area contributed by atoms with Gasteiger partial charge in [0, 0.05) is 32.4 Å². The Morgan fingerprint density at radius 3 is 2.56 bits per heavy atom. The van der Waals surface area contributed by atoms with Crippen molar-refractivity contribution in [3.63, 3.8) is 0 Å². The van der Waals surface area contributed by atoms with Crippen LogP contribution in [0, 0.1) is 0 Å². The van der Waals surface area contributed by atoms with Gasteiger partial charge in [-0.1, -0.05) is 0 Å². The Bertz CT molecular complexity index is 195. The van der Waals surface area contributed by atoms with Crippen LogP contribution in [0.3, 0.4) is 0 Å². The summed E-state index contributed by atoms with van der Waals surface area (Å²) in [4.78, 5) is 2.38. The van der Waals surface area contributed by atoms with Crippen molar-refractivity contribution < 1.29 is 9.47 Å². The molecule has 0 aromatic carbocycles. The zero-order chi connectivity index (χ0) is 12.0. The highest BCUT2D eigenvalue weighted by molar-refractivity contribution is 4.90. The van der Waals surface area contributed by atoms with Gasteiger partial charge in [0.05, 0.1) is 12.1 Å². The molecular weight excluding hydrogens is 204 g/mol. The number of hydrogen-bond donors (Lipinski definition) is 1. The van der Waals surface area contributed by atoms with Gasteiger partial charge in [0.1, 0.15) is 0 Å². The van der Waals surface area contributed by atoms with Crippen molar-refractivity contribution in [3.05, 3.63) is 0 Å². The molecular formula is C12H26N2O2. The quantitative estimate of drug-likeness (QED) is 0.735. The van der Waals surface area contributed by atoms with Gasteiger partial charge in [-0.15, -0.1) is 0 Å². The van der Waals surface area contributed by atoms with Crippen LogP contribution in [0.25, 0.3) is 0 Å². The number of likely N-dealkylation sites (N-methyl/N-ethyl adjacent to an activating group) is 1. The fourth-order valence-corrected chi connectivity index (χ4v) is 2.14. The third kappa shape index (κ3) is 3.42. The van der Waals surface area contributed by atoms with Crippen LogP contribution in [0.2, 0.25) is 0 Å². The highest BCUT2D eigenvalue weighted by atomic mass is 16.5. The average molecular weight is 230 g/mol. The maximum absolute atomic E-state index is 5.90. The molecule has 0 aromatic rings. The van der Waals surface area contributed by atoms with Gasteiger partial charge in [-0.25, -0.2) is 0 Å². The highest BCUT2D eigenvalue weighted by Gasteiger charge is 2.33. The first-order valence-corrected chi connectivity index (χ1v) is 6.22. The Morgan fingerprint density at radius 1 is 1.44 bits per heavy atom. The molecule has 1 heterocycles. The summed E-state index contributed by atoms with van der Waals surface area (Å²) in [5, 5.41) is 0. The Labute approximate surface area is 99.1 Å². The molecule has 4 heteroatoms. The molecule has 0 aliphatic carbocycles. The number of rotatable bonds is 6. The first-order valence-electron chi connectivity index (χ1n) is 6.22. The van der Waals surface area contributed by atoms with Gasteiger partial charge in [-0.05, 0) is 33.7 Å². The second kappa shape index (κ2) is 6.55. The first kappa shape index (κ1) is 13.9. The van der Waals surface area contributed by atoms with Crippen molar-refractivity contribution in [3.8, 4) is 0 Å². The molecule has 1 rings (SSSR count). The molecule has 4 nitrogen and oxygen atoms in total. The van der Waals surface area contributed by atoms with Crippen LogP contribution >= 0.6 is 0 Å². The lowest BCUT2D eigenvalue weighted by Crippen LogP contribution is -2.57. The molecule has 0 saturated carbocycles. The van der Waals surface area contributed by atoms with Crippen LogP contribution in [0.5, 0.6) is 0 Å². The highest BCUT2D eigenvalue weighted by Crippen LogP contribution is 2.22. The van der Waals surface area contributed by atoms with Crippen molar-refractivity contribution in [2.75, 3.05) is 40.0 Å². The monoisotopic (exact) mass is 230 g/mol. The molecule has 2 N–H and O–H groups in total. The summed E-state index contributed by atoms with van der Waals surface area (Å²) in [7, 11) is 2.15. The summed E-state index contributed by atoms with van der Waals surface area (Å²) in [6.07, 6.45) is 2.19. The van der Waals surface area contributed by atoms with Crippen LogP contribution in [-0.4, -0.2) is 56.5 Å². The fourth-order valence-electron chi connectivity index (χ4n) is 2.14. The molecule has 1 saturated heterocycles. The first-order chi connectivity index (χ1) is 7.64. The van der Waals surface area contributed by atoms with E-state index in [0.29, 0.717) is 19.2 Å². The molecule has 1 aliphatic rings. The van der Waals surface area contributed by atoms with E-state index in [4.69, 9.17) is 15.2 Å². The molecule has 0 bridgehead atoms. The largest absolute Gasteiger partial charge is 0.381 e. The summed E-state index contributed by atoms with van der Waals surface area (Å²) in [6.45, 7) is 8.00. The molecule has 96 valence electrons. The standard InChI is InChI=1S/C12H26N2O2/c1-4-15-10-12(2,9-13)14(3)11-5-7-16-8-6-11/h11H,4-10,13H2,1-3H3. The summed E-state index contributed by atoms with van der Waals surface area (Å²) in [5.74, 6) is 0. The Morgan fingerprint density at radius 2 is 2.06 bits per heavy atom. The van der Waals surface area contributed by atoms with E-state index >= 15 is 0 Å². The van der Waals surface area contributed by atoms with Gasteiger partial charge >= 0.3 is 0 Å². The minimum atomic E-state index is -0.0575. The van der Waals surface area contributed by atoms with Crippen molar-refractivity contribution in [2.24, 2.45) is 5.73 Å². The van der Waals surface area contributed by atoms with E-state index in [1.165, 1.54) is 0 Å². The van der Waals surface area contributed by atoms with E-state index in [-0.39, 0.29) is 5.54 Å². The molecule has 0 radical (unpaired) electrons. The third-order valence-corrected chi connectivity index (χ3v) is 3.65. The van der Waals surface area contributed by atoms with Crippen molar-refractivity contribution >= 4 is 0 Å². The number of nitrogens with zero attached hydrogens (tertiary/aromatic N) is 1. The average Bonchev–Trinajstić information content (AvgIpc) is 2.36. The van der Waals surface area contributed by atoms with Gasteiger partial charge in [0.2, 0.25) is 0 Å². The summed E-state index contributed by atoms with van der Waals surface area (Å²) in [5.41, 5.74) is 5.84. The van der Waals surface area contributed by atoms with E-state index in [1.807, 2.05) is 6.92 Å². The van der Waals surface area contributed by atoms with Gasteiger partial charge in [0.25, 0.3) is 0 Å². The number of hydrogen-bond acceptors (Lipinski definition) is 4. The summed E-state index contributed by atoms with van der Waals surface area (Å²) in [6, 6.07) is 0.572. The van der Waals surface area contributed by atoms with Crippen LogP contribution in [0.15, 0.2) is 0 Å². The predicted molar refractivity (Wildman–Crippen MR) is 65.6 cm³/mol. The lowest BCUT2D eigenvalue weighted by Gasteiger charge is -2.44. The van der Waals surface area contributed by atoms with E-state index in [1.54, 1.807) is 0 Å². The van der Waals surface area contributed by atoms with E-state index in [9.17, 15) is 0 Å². The molecule has 1 unspecified atom stereocenters. The minimum Gasteiger partial charge on any atom is -0.381 e. The van der Waals surface area contributed by atoms with Crippen LogP contribution < -0.4 is 5.73 Å². The van der Waals surface area contributed by atoms with Crippen LogP contribution in [0.1, 0.15) is 26.7 Å². The van der Waals surface area contributed by atoms with E-state index < -0.39 is 0 Å². The van der Waals surface area contributed by atoms with Crippen LogP contribution in [-0.2, 0) is 9.47 Å². The maximum atomic E-state index is 5.90. The normalized spacial score (nSPS) is 22.3. The van der Waals surface area contributed by atoms with Gasteiger partial charge in [-0.2, -0.15) is 0 Å². The zero-order valence-electron chi connectivity index (χ0n) is 10.9. The Kier molecular flexibility index (Phi) is 5.69. The lowest BCUT2D eigenvalue weighted by atomic mass is 9.96. The maximum Gasteiger partial charge on any atom is 0.0659 e. The van der Waals surface area contributed by atoms with Crippen LogP contribution in [0.4, 0.5) is 0 Å². The number of nitrogens with two attached hydrogens (primary N) is 1.